The molecule has 0 heterocycles. The minimum Gasteiger partial charge on any atom is -0.399 e. The van der Waals surface area contributed by atoms with Gasteiger partial charge in [-0.25, -0.2) is 0 Å². The first-order valence-electron chi connectivity index (χ1n) is 5.55. The first-order valence-corrected chi connectivity index (χ1v) is 5.55. The van der Waals surface area contributed by atoms with Gasteiger partial charge in [0.05, 0.1) is 5.60 Å². The molecule has 0 aliphatic carbocycles. The molecule has 4 heteroatoms. The Labute approximate surface area is 102 Å². The third-order valence-electron chi connectivity index (χ3n) is 2.46. The van der Waals surface area contributed by atoms with Gasteiger partial charge in [0.2, 0.25) is 0 Å². The summed E-state index contributed by atoms with van der Waals surface area (Å²) in [4.78, 5) is 13.7. The number of nitrogens with two attached hydrogens (primary N) is 1. The highest BCUT2D eigenvalue weighted by atomic mass is 16.3. The van der Waals surface area contributed by atoms with Crippen molar-refractivity contribution in [1.82, 2.24) is 4.90 Å². The van der Waals surface area contributed by atoms with Gasteiger partial charge in [-0.1, -0.05) is 6.07 Å². The van der Waals surface area contributed by atoms with E-state index in [0.29, 0.717) is 11.3 Å². The summed E-state index contributed by atoms with van der Waals surface area (Å²) in [6.07, 6.45) is 0. The molecule has 0 radical (unpaired) electrons. The summed E-state index contributed by atoms with van der Waals surface area (Å²) in [5, 5.41) is 9.69. The van der Waals surface area contributed by atoms with E-state index < -0.39 is 5.60 Å². The number of carbonyl (C=O) groups excluding carboxylic acids is 1. The Hall–Kier alpha value is -1.55. The van der Waals surface area contributed by atoms with Crippen molar-refractivity contribution in [3.63, 3.8) is 0 Å². The monoisotopic (exact) mass is 236 g/mol. The highest BCUT2D eigenvalue weighted by Gasteiger charge is 2.21. The van der Waals surface area contributed by atoms with E-state index in [0.717, 1.165) is 5.56 Å². The predicted molar refractivity (Wildman–Crippen MR) is 68.8 cm³/mol. The molecule has 0 aliphatic heterocycles. The van der Waals surface area contributed by atoms with Crippen LogP contribution in [0.2, 0.25) is 0 Å². The molecule has 0 aliphatic rings. The quantitative estimate of drug-likeness (QED) is 0.780. The summed E-state index contributed by atoms with van der Waals surface area (Å²) in [5.41, 5.74) is 6.80. The van der Waals surface area contributed by atoms with Crippen molar-refractivity contribution in [3.05, 3.63) is 29.3 Å². The molecule has 4 nitrogen and oxygen atoms in total. The average molecular weight is 236 g/mol. The smallest absolute Gasteiger partial charge is 0.254 e. The van der Waals surface area contributed by atoms with E-state index in [2.05, 4.69) is 0 Å². The standard InChI is InChI=1S/C13H20N2O2/c1-9-5-6-10(14)7-11(9)12(16)15(4)8-13(2,3)17/h5-7,17H,8,14H2,1-4H3. The minimum absolute atomic E-state index is 0.128. The summed E-state index contributed by atoms with van der Waals surface area (Å²) >= 11 is 0. The van der Waals surface area contributed by atoms with Crippen molar-refractivity contribution in [2.24, 2.45) is 0 Å². The molecule has 0 saturated carbocycles. The number of nitrogen functional groups attached to an aromatic ring is 1. The second kappa shape index (κ2) is 4.75. The molecule has 17 heavy (non-hydrogen) atoms. The van der Waals surface area contributed by atoms with Crippen molar-refractivity contribution in [1.29, 1.82) is 0 Å². The Bertz CT molecular complexity index is 422. The fraction of sp³-hybridized carbons (Fsp3) is 0.462. The topological polar surface area (TPSA) is 66.6 Å². The van der Waals surface area contributed by atoms with Crippen molar-refractivity contribution in [2.45, 2.75) is 26.4 Å². The molecule has 0 aromatic heterocycles. The van der Waals surface area contributed by atoms with E-state index >= 15 is 0 Å². The highest BCUT2D eigenvalue weighted by molar-refractivity contribution is 5.96. The van der Waals surface area contributed by atoms with Crippen LogP contribution in [-0.4, -0.2) is 35.1 Å². The van der Waals surface area contributed by atoms with Gasteiger partial charge in [0, 0.05) is 24.8 Å². The number of rotatable bonds is 3. The maximum absolute atomic E-state index is 12.2. The Morgan fingerprint density at radius 2 is 2.06 bits per heavy atom. The number of hydrogen-bond acceptors (Lipinski definition) is 3. The Morgan fingerprint density at radius 3 is 2.59 bits per heavy atom. The van der Waals surface area contributed by atoms with Gasteiger partial charge < -0.3 is 15.7 Å². The third kappa shape index (κ3) is 3.75. The predicted octanol–water partition coefficient (Wildman–Crippen LogP) is 1.42. The van der Waals surface area contributed by atoms with E-state index in [4.69, 9.17) is 5.73 Å². The molecule has 3 N–H and O–H groups in total. The highest BCUT2D eigenvalue weighted by Crippen LogP contribution is 2.15. The van der Waals surface area contributed by atoms with Gasteiger partial charge in [-0.15, -0.1) is 0 Å². The third-order valence-corrected chi connectivity index (χ3v) is 2.46. The Morgan fingerprint density at radius 1 is 1.47 bits per heavy atom. The van der Waals surface area contributed by atoms with Crippen LogP contribution in [-0.2, 0) is 0 Å². The molecule has 1 rings (SSSR count). The van der Waals surface area contributed by atoms with Crippen LogP contribution in [0.3, 0.4) is 0 Å². The summed E-state index contributed by atoms with van der Waals surface area (Å²) < 4.78 is 0. The summed E-state index contributed by atoms with van der Waals surface area (Å²) in [5.74, 6) is -0.128. The normalized spacial score (nSPS) is 11.4. The van der Waals surface area contributed by atoms with Crippen molar-refractivity contribution in [2.75, 3.05) is 19.3 Å². The molecule has 0 saturated heterocycles. The lowest BCUT2D eigenvalue weighted by Crippen LogP contribution is -2.39. The second-order valence-corrected chi connectivity index (χ2v) is 5.05. The Kier molecular flexibility index (Phi) is 3.78. The zero-order valence-electron chi connectivity index (χ0n) is 10.8. The number of benzene rings is 1. The van der Waals surface area contributed by atoms with Gasteiger partial charge in [-0.05, 0) is 38.5 Å². The van der Waals surface area contributed by atoms with E-state index in [-0.39, 0.29) is 12.5 Å². The average Bonchev–Trinajstić information content (AvgIpc) is 2.18. The van der Waals surface area contributed by atoms with Gasteiger partial charge in [0.15, 0.2) is 0 Å². The number of aliphatic hydroxyl groups is 1. The van der Waals surface area contributed by atoms with Gasteiger partial charge in [0.25, 0.3) is 5.91 Å². The number of likely N-dealkylation sites (N-methyl/N-ethyl adjacent to an activating group) is 1. The van der Waals surface area contributed by atoms with Crippen LogP contribution in [0.4, 0.5) is 5.69 Å². The SMILES string of the molecule is Cc1ccc(N)cc1C(=O)N(C)CC(C)(C)O. The lowest BCUT2D eigenvalue weighted by atomic mass is 10.1. The van der Waals surface area contributed by atoms with Crippen molar-refractivity contribution >= 4 is 11.6 Å². The van der Waals surface area contributed by atoms with E-state index in [1.165, 1.54) is 4.90 Å². The maximum atomic E-state index is 12.2. The van der Waals surface area contributed by atoms with Crippen LogP contribution in [0.15, 0.2) is 18.2 Å². The Balaban J connectivity index is 2.93. The van der Waals surface area contributed by atoms with Crippen molar-refractivity contribution < 1.29 is 9.90 Å². The number of nitrogens with zero attached hydrogens (tertiary/aromatic N) is 1. The van der Waals surface area contributed by atoms with E-state index in [9.17, 15) is 9.90 Å². The van der Waals surface area contributed by atoms with Crippen molar-refractivity contribution in [3.8, 4) is 0 Å². The van der Waals surface area contributed by atoms with Crippen LogP contribution in [0.25, 0.3) is 0 Å². The van der Waals surface area contributed by atoms with Gasteiger partial charge in [0.1, 0.15) is 0 Å². The fourth-order valence-electron chi connectivity index (χ4n) is 1.73. The number of amides is 1. The van der Waals surface area contributed by atoms with E-state index in [1.807, 2.05) is 13.0 Å². The number of anilines is 1. The molecule has 1 amide bonds. The number of carbonyl (C=O) groups is 1. The molecule has 0 atom stereocenters. The molecule has 0 unspecified atom stereocenters. The van der Waals surface area contributed by atoms with Crippen LogP contribution < -0.4 is 5.73 Å². The van der Waals surface area contributed by atoms with Crippen LogP contribution in [0.5, 0.6) is 0 Å². The number of aryl methyl sites for hydroxylation is 1. The van der Waals surface area contributed by atoms with Gasteiger partial charge in [-0.3, -0.25) is 4.79 Å². The molecule has 94 valence electrons. The summed E-state index contributed by atoms with van der Waals surface area (Å²) in [6.45, 7) is 5.48. The molecule has 0 bridgehead atoms. The largest absolute Gasteiger partial charge is 0.399 e. The van der Waals surface area contributed by atoms with Crippen LogP contribution >= 0.6 is 0 Å². The van der Waals surface area contributed by atoms with Gasteiger partial charge in [-0.2, -0.15) is 0 Å². The lowest BCUT2D eigenvalue weighted by molar-refractivity contribution is 0.0367. The minimum atomic E-state index is -0.904. The molecular formula is C13H20N2O2. The van der Waals surface area contributed by atoms with E-state index in [1.54, 1.807) is 33.0 Å². The molecule has 1 aromatic rings. The zero-order valence-corrected chi connectivity index (χ0v) is 10.8. The van der Waals surface area contributed by atoms with Gasteiger partial charge >= 0.3 is 0 Å². The fourth-order valence-corrected chi connectivity index (χ4v) is 1.73. The summed E-state index contributed by atoms with van der Waals surface area (Å²) in [6, 6.07) is 5.25. The summed E-state index contributed by atoms with van der Waals surface area (Å²) in [7, 11) is 1.67. The number of hydrogen-bond donors (Lipinski definition) is 2. The van der Waals surface area contributed by atoms with Crippen LogP contribution in [0.1, 0.15) is 29.8 Å². The second-order valence-electron chi connectivity index (χ2n) is 5.05. The molecular weight excluding hydrogens is 216 g/mol. The zero-order chi connectivity index (χ0) is 13.2. The van der Waals surface area contributed by atoms with Crippen LogP contribution in [0, 0.1) is 6.92 Å². The molecule has 1 aromatic carbocycles. The first-order chi connectivity index (χ1) is 7.70. The maximum Gasteiger partial charge on any atom is 0.254 e. The lowest BCUT2D eigenvalue weighted by Gasteiger charge is -2.26. The molecule has 0 spiro atoms. The first kappa shape index (κ1) is 13.5. The molecule has 0 fully saturated rings.